The number of aliphatic carboxylic acids is 1. The van der Waals surface area contributed by atoms with E-state index in [0.29, 0.717) is 10.8 Å². The van der Waals surface area contributed by atoms with E-state index in [1.807, 2.05) is 0 Å². The minimum Gasteiger partial charge on any atom is -0.496 e. The van der Waals surface area contributed by atoms with Crippen LogP contribution < -0.4 is 10.1 Å². The van der Waals surface area contributed by atoms with Gasteiger partial charge in [-0.1, -0.05) is 11.6 Å². The van der Waals surface area contributed by atoms with Crippen LogP contribution >= 0.6 is 11.6 Å². The van der Waals surface area contributed by atoms with Gasteiger partial charge in [0, 0.05) is 5.02 Å². The Morgan fingerprint density at radius 1 is 1.47 bits per heavy atom. The summed E-state index contributed by atoms with van der Waals surface area (Å²) in [6.07, 6.45) is 0. The van der Waals surface area contributed by atoms with Crippen LogP contribution in [0.4, 0.5) is 0 Å². The number of methoxy groups -OCH3 is 1. The largest absolute Gasteiger partial charge is 0.496 e. The van der Waals surface area contributed by atoms with Gasteiger partial charge in [0.15, 0.2) is 0 Å². The zero-order valence-corrected chi connectivity index (χ0v) is 10.1. The Bertz CT molecular complexity index is 447. The van der Waals surface area contributed by atoms with Crippen molar-refractivity contribution in [2.75, 3.05) is 7.11 Å². The van der Waals surface area contributed by atoms with E-state index in [-0.39, 0.29) is 5.56 Å². The van der Waals surface area contributed by atoms with Crippen LogP contribution in [0.3, 0.4) is 0 Å². The van der Waals surface area contributed by atoms with Gasteiger partial charge in [0.1, 0.15) is 11.8 Å². The molecular weight excluding hydrogens is 246 g/mol. The molecule has 0 aliphatic carbocycles. The molecule has 92 valence electrons. The smallest absolute Gasteiger partial charge is 0.325 e. The van der Waals surface area contributed by atoms with Crippen molar-refractivity contribution in [3.05, 3.63) is 28.8 Å². The maximum Gasteiger partial charge on any atom is 0.325 e. The SMILES string of the molecule is COc1ccc(Cl)cc1C(=O)N[C@@H](C)C(=O)O. The fraction of sp³-hybridized carbons (Fsp3) is 0.273. The summed E-state index contributed by atoms with van der Waals surface area (Å²) in [5, 5.41) is 11.4. The quantitative estimate of drug-likeness (QED) is 0.858. The third-order valence-electron chi connectivity index (χ3n) is 2.12. The second-order valence-corrected chi connectivity index (χ2v) is 3.81. The van der Waals surface area contributed by atoms with Gasteiger partial charge in [0.05, 0.1) is 12.7 Å². The molecule has 0 saturated heterocycles. The Hall–Kier alpha value is -1.75. The molecule has 0 bridgehead atoms. The Morgan fingerprint density at radius 3 is 2.65 bits per heavy atom. The van der Waals surface area contributed by atoms with E-state index < -0.39 is 17.9 Å². The summed E-state index contributed by atoms with van der Waals surface area (Å²) in [7, 11) is 1.42. The number of hydrogen-bond donors (Lipinski definition) is 2. The van der Waals surface area contributed by atoms with E-state index in [0.717, 1.165) is 0 Å². The summed E-state index contributed by atoms with van der Waals surface area (Å²) < 4.78 is 5.00. The molecule has 1 amide bonds. The molecule has 0 radical (unpaired) electrons. The van der Waals surface area contributed by atoms with Gasteiger partial charge in [-0.15, -0.1) is 0 Å². The van der Waals surface area contributed by atoms with E-state index >= 15 is 0 Å². The lowest BCUT2D eigenvalue weighted by atomic mass is 10.1. The van der Waals surface area contributed by atoms with Crippen molar-refractivity contribution in [3.8, 4) is 5.75 Å². The molecule has 0 unspecified atom stereocenters. The molecule has 1 atom stereocenters. The molecule has 0 aliphatic heterocycles. The van der Waals surface area contributed by atoms with Gasteiger partial charge in [-0.3, -0.25) is 9.59 Å². The predicted molar refractivity (Wildman–Crippen MR) is 62.6 cm³/mol. The lowest BCUT2D eigenvalue weighted by molar-refractivity contribution is -0.138. The molecule has 0 fully saturated rings. The molecule has 0 aliphatic rings. The maximum atomic E-state index is 11.8. The fourth-order valence-corrected chi connectivity index (χ4v) is 1.37. The number of rotatable bonds is 4. The van der Waals surface area contributed by atoms with E-state index in [2.05, 4.69) is 5.32 Å². The average molecular weight is 258 g/mol. The van der Waals surface area contributed by atoms with Crippen LogP contribution in [0, 0.1) is 0 Å². The normalized spacial score (nSPS) is 11.7. The summed E-state index contributed by atoms with van der Waals surface area (Å²) in [5.74, 6) is -1.32. The molecule has 1 aromatic rings. The van der Waals surface area contributed by atoms with E-state index in [1.54, 1.807) is 12.1 Å². The molecule has 0 aromatic heterocycles. The first-order chi connectivity index (χ1) is 7.95. The van der Waals surface area contributed by atoms with Crippen LogP contribution in [0.5, 0.6) is 5.75 Å². The Labute approximate surface area is 103 Å². The van der Waals surface area contributed by atoms with Crippen molar-refractivity contribution in [1.82, 2.24) is 5.32 Å². The molecule has 0 heterocycles. The Balaban J connectivity index is 2.95. The van der Waals surface area contributed by atoms with E-state index in [9.17, 15) is 9.59 Å². The minimum absolute atomic E-state index is 0.202. The zero-order chi connectivity index (χ0) is 13.0. The van der Waals surface area contributed by atoms with Gasteiger partial charge < -0.3 is 15.2 Å². The van der Waals surface area contributed by atoms with Crippen LogP contribution in [0.2, 0.25) is 5.02 Å². The van der Waals surface area contributed by atoms with Gasteiger partial charge in [-0.05, 0) is 25.1 Å². The summed E-state index contributed by atoms with van der Waals surface area (Å²) in [6, 6.07) is 3.57. The van der Waals surface area contributed by atoms with Crippen molar-refractivity contribution < 1.29 is 19.4 Å². The number of halogens is 1. The van der Waals surface area contributed by atoms with Crippen LogP contribution in [0.1, 0.15) is 17.3 Å². The molecule has 2 N–H and O–H groups in total. The Kier molecular flexibility index (Phi) is 4.34. The highest BCUT2D eigenvalue weighted by Crippen LogP contribution is 2.22. The zero-order valence-electron chi connectivity index (χ0n) is 9.36. The number of carbonyl (C=O) groups excluding carboxylic acids is 1. The van der Waals surface area contributed by atoms with E-state index in [4.69, 9.17) is 21.4 Å². The molecule has 0 saturated carbocycles. The van der Waals surface area contributed by atoms with Crippen molar-refractivity contribution in [1.29, 1.82) is 0 Å². The number of carboxylic acid groups (broad SMARTS) is 1. The molecule has 1 rings (SSSR count). The van der Waals surface area contributed by atoms with Crippen molar-refractivity contribution in [2.45, 2.75) is 13.0 Å². The molecule has 17 heavy (non-hydrogen) atoms. The first-order valence-corrected chi connectivity index (χ1v) is 5.20. The van der Waals surface area contributed by atoms with Gasteiger partial charge >= 0.3 is 5.97 Å². The standard InChI is InChI=1S/C11H12ClNO4/c1-6(11(15)16)13-10(14)8-5-7(12)3-4-9(8)17-2/h3-6H,1-2H3,(H,13,14)(H,15,16)/t6-/m0/s1. The summed E-state index contributed by atoms with van der Waals surface area (Å²) in [5.41, 5.74) is 0.202. The van der Waals surface area contributed by atoms with Crippen LogP contribution in [-0.2, 0) is 4.79 Å². The number of benzene rings is 1. The average Bonchev–Trinajstić information content (AvgIpc) is 2.28. The summed E-state index contributed by atoms with van der Waals surface area (Å²) in [4.78, 5) is 22.4. The lowest BCUT2D eigenvalue weighted by Gasteiger charge is -2.12. The van der Waals surface area contributed by atoms with Crippen molar-refractivity contribution >= 4 is 23.5 Å². The number of nitrogens with one attached hydrogen (secondary N) is 1. The highest BCUT2D eigenvalue weighted by molar-refractivity contribution is 6.31. The number of carboxylic acids is 1. The van der Waals surface area contributed by atoms with Crippen LogP contribution in [0.15, 0.2) is 18.2 Å². The van der Waals surface area contributed by atoms with Crippen LogP contribution in [0.25, 0.3) is 0 Å². The molecule has 1 aromatic carbocycles. The van der Waals surface area contributed by atoms with Crippen LogP contribution in [-0.4, -0.2) is 30.1 Å². The van der Waals surface area contributed by atoms with Gasteiger partial charge in [0.25, 0.3) is 5.91 Å². The number of amides is 1. The molecule has 0 spiro atoms. The third kappa shape index (κ3) is 3.35. The minimum atomic E-state index is -1.11. The van der Waals surface area contributed by atoms with Crippen molar-refractivity contribution in [2.24, 2.45) is 0 Å². The number of carbonyl (C=O) groups is 2. The van der Waals surface area contributed by atoms with Gasteiger partial charge in [-0.2, -0.15) is 0 Å². The maximum absolute atomic E-state index is 11.8. The molecule has 6 heteroatoms. The second-order valence-electron chi connectivity index (χ2n) is 3.38. The van der Waals surface area contributed by atoms with Crippen molar-refractivity contribution in [3.63, 3.8) is 0 Å². The first-order valence-electron chi connectivity index (χ1n) is 4.83. The summed E-state index contributed by atoms with van der Waals surface area (Å²) in [6.45, 7) is 1.37. The monoisotopic (exact) mass is 257 g/mol. The third-order valence-corrected chi connectivity index (χ3v) is 2.36. The highest BCUT2D eigenvalue weighted by Gasteiger charge is 2.18. The fourth-order valence-electron chi connectivity index (χ4n) is 1.19. The summed E-state index contributed by atoms with van der Waals surface area (Å²) >= 11 is 5.77. The molecular formula is C11H12ClNO4. The van der Waals surface area contributed by atoms with Gasteiger partial charge in [0.2, 0.25) is 0 Å². The molecule has 5 nitrogen and oxygen atoms in total. The second kappa shape index (κ2) is 5.54. The van der Waals surface area contributed by atoms with E-state index in [1.165, 1.54) is 20.1 Å². The number of hydrogen-bond acceptors (Lipinski definition) is 3. The lowest BCUT2D eigenvalue weighted by Crippen LogP contribution is -2.38. The highest BCUT2D eigenvalue weighted by atomic mass is 35.5. The first kappa shape index (κ1) is 13.3. The topological polar surface area (TPSA) is 75.6 Å². The number of ether oxygens (including phenoxy) is 1. The predicted octanol–water partition coefficient (Wildman–Crippen LogP) is 1.55. The van der Waals surface area contributed by atoms with Gasteiger partial charge in [-0.25, -0.2) is 0 Å². The Morgan fingerprint density at radius 2 is 2.12 bits per heavy atom.